The molecule has 0 fully saturated rings. The highest BCUT2D eigenvalue weighted by Crippen LogP contribution is 2.65. The number of hydrogen-bond acceptors (Lipinski definition) is 4. The Hall–Kier alpha value is -10.6. The predicted molar refractivity (Wildman–Crippen MR) is 372 cm³/mol. The Kier molecular flexibility index (Phi) is 9.93. The molecule has 4 heteroatoms. The van der Waals surface area contributed by atoms with Crippen LogP contribution >= 0.6 is 22.7 Å². The quantitative estimate of drug-likeness (QED) is 0.164. The molecule has 0 N–H and O–H groups in total. The van der Waals surface area contributed by atoms with Gasteiger partial charge in [0, 0.05) is 74.5 Å². The maximum absolute atomic E-state index is 2.50. The van der Waals surface area contributed by atoms with Crippen LogP contribution in [0, 0.1) is 0 Å². The Morgan fingerprint density at radius 3 is 0.818 bits per heavy atom. The van der Waals surface area contributed by atoms with Crippen LogP contribution in [0.4, 0.5) is 34.1 Å². The van der Waals surface area contributed by atoms with Gasteiger partial charge in [0.05, 0.1) is 10.8 Å². The van der Waals surface area contributed by atoms with Crippen molar-refractivity contribution in [3.05, 3.63) is 348 Å². The van der Waals surface area contributed by atoms with Crippen LogP contribution < -0.4 is 9.80 Å². The molecule has 0 bridgehead atoms. The lowest BCUT2D eigenvalue weighted by atomic mass is 9.70. The Morgan fingerprint density at radius 1 is 0.193 bits per heavy atom. The molecule has 4 aliphatic carbocycles. The zero-order valence-corrected chi connectivity index (χ0v) is 49.2. The summed E-state index contributed by atoms with van der Waals surface area (Å²) in [4.78, 5) is 4.94. The van der Waals surface area contributed by atoms with Crippen molar-refractivity contribution in [1.82, 2.24) is 0 Å². The fraction of sp³-hybridized carbons (Fsp3) is 0.0238. The van der Waals surface area contributed by atoms with Gasteiger partial charge in [-0.1, -0.05) is 194 Å². The van der Waals surface area contributed by atoms with Crippen molar-refractivity contribution >= 4 is 108 Å². The lowest BCUT2D eigenvalue weighted by Crippen LogP contribution is -2.26. The van der Waals surface area contributed by atoms with Crippen LogP contribution in [0.3, 0.4) is 0 Å². The fourth-order valence-electron chi connectivity index (χ4n) is 16.5. The molecule has 0 radical (unpaired) electrons. The molecule has 16 aromatic rings. The van der Waals surface area contributed by atoms with Gasteiger partial charge in [-0.25, -0.2) is 0 Å². The van der Waals surface area contributed by atoms with Crippen LogP contribution in [0.15, 0.2) is 303 Å². The molecule has 2 nitrogen and oxygen atoms in total. The summed E-state index contributed by atoms with van der Waals surface area (Å²) in [6, 6.07) is 115. The molecular weight excluding hydrogens is 1100 g/mol. The Bertz CT molecular complexity index is 5200. The Balaban J connectivity index is 0.727. The second kappa shape index (κ2) is 18.0. The molecule has 2 aromatic heterocycles. The van der Waals surface area contributed by atoms with Crippen molar-refractivity contribution in [3.8, 4) is 44.5 Å². The average molecular weight is 1150 g/mol. The molecule has 2 heterocycles. The maximum atomic E-state index is 2.50. The highest BCUT2D eigenvalue weighted by atomic mass is 32.1. The first-order chi connectivity index (χ1) is 43.6. The molecule has 14 aromatic carbocycles. The topological polar surface area (TPSA) is 6.48 Å². The second-order valence-corrected chi connectivity index (χ2v) is 26.4. The van der Waals surface area contributed by atoms with E-state index in [2.05, 4.69) is 313 Å². The number of hydrogen-bond donors (Lipinski definition) is 0. The lowest BCUT2D eigenvalue weighted by Gasteiger charge is -2.32. The molecule has 0 saturated carbocycles. The van der Waals surface area contributed by atoms with Crippen molar-refractivity contribution in [3.63, 3.8) is 0 Å². The Labute approximate surface area is 517 Å². The molecule has 0 atom stereocenters. The average Bonchev–Trinajstić information content (AvgIpc) is 1.53. The molecular formula is C84H50N2S2. The highest BCUT2D eigenvalue weighted by Gasteiger charge is 2.53. The lowest BCUT2D eigenvalue weighted by molar-refractivity contribution is 0.793. The van der Waals surface area contributed by atoms with E-state index in [1.807, 2.05) is 22.7 Å². The van der Waals surface area contributed by atoms with Gasteiger partial charge in [-0.15, -0.1) is 22.7 Å². The maximum Gasteiger partial charge on any atom is 0.0726 e. The van der Waals surface area contributed by atoms with Gasteiger partial charge in [-0.3, -0.25) is 0 Å². The molecule has 0 aliphatic heterocycles. The van der Waals surface area contributed by atoms with Gasteiger partial charge in [0.1, 0.15) is 0 Å². The third-order valence-electron chi connectivity index (χ3n) is 20.0. The minimum Gasteiger partial charge on any atom is -0.310 e. The summed E-state index contributed by atoms with van der Waals surface area (Å²) >= 11 is 3.78. The minimum absolute atomic E-state index is 0.440. The zero-order valence-electron chi connectivity index (χ0n) is 47.6. The zero-order chi connectivity index (χ0) is 57.4. The van der Waals surface area contributed by atoms with Crippen LogP contribution in [0.5, 0.6) is 0 Å². The summed E-state index contributed by atoms with van der Waals surface area (Å²) in [5.41, 5.74) is 27.1. The number of thiophene rings is 2. The van der Waals surface area contributed by atoms with Crippen molar-refractivity contribution in [2.45, 2.75) is 10.8 Å². The van der Waals surface area contributed by atoms with Crippen LogP contribution in [0.25, 0.3) is 95.6 Å². The SMILES string of the molecule is c1ccc(N(c2ccc3c(c2)C2(c4ccccc4-c4ccccc42)c2ccccc2-3)c2ccc3sc4cc5cc6sc7ccc(N(c8ccccc8)c8ccc9c(c8)C8(c%10ccccc%10-c%10ccccc%108)c8ccccc8-9)cc7c6cc5cc4c3c2)cc1. The summed E-state index contributed by atoms with van der Waals surface area (Å²) in [6.45, 7) is 0. The first kappa shape index (κ1) is 48.6. The van der Waals surface area contributed by atoms with Crippen molar-refractivity contribution in [2.75, 3.05) is 9.80 Å². The van der Waals surface area contributed by atoms with Gasteiger partial charge in [-0.2, -0.15) is 0 Å². The van der Waals surface area contributed by atoms with Crippen LogP contribution in [-0.4, -0.2) is 0 Å². The highest BCUT2D eigenvalue weighted by molar-refractivity contribution is 7.26. The minimum atomic E-state index is -0.440. The summed E-state index contributed by atoms with van der Waals surface area (Å²) in [7, 11) is 0. The van der Waals surface area contributed by atoms with Crippen LogP contribution in [-0.2, 0) is 10.8 Å². The smallest absolute Gasteiger partial charge is 0.0726 e. The van der Waals surface area contributed by atoms with E-state index < -0.39 is 10.8 Å². The van der Waals surface area contributed by atoms with Gasteiger partial charge >= 0.3 is 0 Å². The number of rotatable bonds is 6. The second-order valence-electron chi connectivity index (χ2n) is 24.2. The number of anilines is 6. The molecule has 4 aliphatic rings. The van der Waals surface area contributed by atoms with E-state index in [0.29, 0.717) is 0 Å². The van der Waals surface area contributed by atoms with Crippen molar-refractivity contribution in [2.24, 2.45) is 0 Å². The van der Waals surface area contributed by atoms with Crippen LogP contribution in [0.1, 0.15) is 44.5 Å². The summed E-state index contributed by atoms with van der Waals surface area (Å²) < 4.78 is 5.16. The van der Waals surface area contributed by atoms with Gasteiger partial charge < -0.3 is 9.80 Å². The predicted octanol–water partition coefficient (Wildman–Crippen LogP) is 23.2. The third kappa shape index (κ3) is 6.39. The van der Waals surface area contributed by atoms with Gasteiger partial charge in [0.2, 0.25) is 0 Å². The molecule has 88 heavy (non-hydrogen) atoms. The Morgan fingerprint density at radius 2 is 0.466 bits per heavy atom. The van der Waals surface area contributed by atoms with E-state index in [0.717, 1.165) is 34.1 Å². The van der Waals surface area contributed by atoms with E-state index in [1.54, 1.807) is 0 Å². The van der Waals surface area contributed by atoms with E-state index in [9.17, 15) is 0 Å². The van der Waals surface area contributed by atoms with E-state index in [-0.39, 0.29) is 0 Å². The van der Waals surface area contributed by atoms with Gasteiger partial charge in [-0.05, 0) is 209 Å². The summed E-state index contributed by atoms with van der Waals surface area (Å²) in [5, 5.41) is 7.61. The summed E-state index contributed by atoms with van der Waals surface area (Å²) in [6.07, 6.45) is 0. The van der Waals surface area contributed by atoms with E-state index >= 15 is 0 Å². The monoisotopic (exact) mass is 1150 g/mol. The summed E-state index contributed by atoms with van der Waals surface area (Å²) in [5.74, 6) is 0. The molecule has 0 saturated heterocycles. The largest absolute Gasteiger partial charge is 0.310 e. The van der Waals surface area contributed by atoms with Crippen LogP contribution in [0.2, 0.25) is 0 Å². The van der Waals surface area contributed by atoms with E-state index in [1.165, 1.54) is 140 Å². The van der Waals surface area contributed by atoms with Crippen molar-refractivity contribution < 1.29 is 0 Å². The first-order valence-corrected chi connectivity index (χ1v) is 32.1. The molecule has 408 valence electrons. The molecule has 0 amide bonds. The normalized spacial score (nSPS) is 13.9. The standard InChI is InChI=1S/C84H50N2S2/c1-3-19-53(20-4-1)85(57-35-39-65-63-27-11-17-33-75(63)83(77(65)49-57)71-29-13-7-23-59(71)60-24-8-14-30-72(60)83)55-37-41-79-69(47-55)67-43-51-44-68-70-48-56(38-42-80(70)88-82(68)46-52(51)45-81(67)87-79)86(54-21-5-2-6-22-54)58-36-40-66-64-28-12-18-34-76(64)84(78(66)50-58)73-31-15-9-25-61(73)62-26-10-16-32-74(62)84/h1-50H. The fourth-order valence-corrected chi connectivity index (χ4v) is 18.8. The number of fused-ring (bicyclic) bond motifs is 27. The first-order valence-electron chi connectivity index (χ1n) is 30.5. The molecule has 20 rings (SSSR count). The van der Waals surface area contributed by atoms with Gasteiger partial charge in [0.25, 0.3) is 0 Å². The third-order valence-corrected chi connectivity index (χ3v) is 22.3. The molecule has 0 unspecified atom stereocenters. The number of para-hydroxylation sites is 2. The number of benzene rings is 14. The molecule has 2 spiro atoms. The number of nitrogens with zero attached hydrogens (tertiary/aromatic N) is 2. The van der Waals surface area contributed by atoms with E-state index in [4.69, 9.17) is 0 Å². The van der Waals surface area contributed by atoms with Gasteiger partial charge in [0.15, 0.2) is 0 Å². The van der Waals surface area contributed by atoms with Crippen molar-refractivity contribution in [1.29, 1.82) is 0 Å².